The number of aryl methyl sites for hydroxylation is 1. The Kier molecular flexibility index (Phi) is 4.91. The highest BCUT2D eigenvalue weighted by atomic mass is 35.5. The second kappa shape index (κ2) is 6.46. The van der Waals surface area contributed by atoms with Crippen LogP contribution in [0, 0.1) is 6.92 Å². The zero-order valence-corrected chi connectivity index (χ0v) is 13.1. The second-order valence-electron chi connectivity index (χ2n) is 4.06. The number of halogens is 2. The summed E-state index contributed by atoms with van der Waals surface area (Å²) in [6, 6.07) is 3.81. The summed E-state index contributed by atoms with van der Waals surface area (Å²) in [5.74, 6) is 1.30. The SMILES string of the molecule is CCNc1nc(NCc2sccc2C)c(Cl)cc1Cl. The molecule has 19 heavy (non-hydrogen) atoms. The van der Waals surface area contributed by atoms with Crippen LogP contribution in [0.15, 0.2) is 17.5 Å². The normalized spacial score (nSPS) is 10.5. The number of aromatic nitrogens is 1. The van der Waals surface area contributed by atoms with Gasteiger partial charge in [-0.25, -0.2) is 4.98 Å². The lowest BCUT2D eigenvalue weighted by atomic mass is 10.3. The lowest BCUT2D eigenvalue weighted by molar-refractivity contribution is 1.11. The highest BCUT2D eigenvalue weighted by molar-refractivity contribution is 7.10. The zero-order valence-electron chi connectivity index (χ0n) is 10.8. The smallest absolute Gasteiger partial charge is 0.147 e. The van der Waals surface area contributed by atoms with Crippen LogP contribution in [0.2, 0.25) is 10.0 Å². The number of thiophene rings is 1. The third-order valence-electron chi connectivity index (χ3n) is 2.66. The highest BCUT2D eigenvalue weighted by Gasteiger charge is 2.09. The van der Waals surface area contributed by atoms with E-state index >= 15 is 0 Å². The maximum Gasteiger partial charge on any atom is 0.147 e. The molecule has 0 atom stereocenters. The van der Waals surface area contributed by atoms with Crippen molar-refractivity contribution in [2.45, 2.75) is 20.4 Å². The van der Waals surface area contributed by atoms with Gasteiger partial charge in [-0.1, -0.05) is 23.2 Å². The van der Waals surface area contributed by atoms with E-state index in [0.717, 1.165) is 6.54 Å². The first-order chi connectivity index (χ1) is 9.11. The van der Waals surface area contributed by atoms with Gasteiger partial charge in [0.2, 0.25) is 0 Å². The average Bonchev–Trinajstić information content (AvgIpc) is 2.77. The molecule has 3 nitrogen and oxygen atoms in total. The van der Waals surface area contributed by atoms with Crippen LogP contribution in [0.25, 0.3) is 0 Å². The van der Waals surface area contributed by atoms with Crippen molar-refractivity contribution in [3.63, 3.8) is 0 Å². The Balaban J connectivity index is 2.15. The van der Waals surface area contributed by atoms with Crippen LogP contribution < -0.4 is 10.6 Å². The monoisotopic (exact) mass is 315 g/mol. The van der Waals surface area contributed by atoms with Gasteiger partial charge in [-0.3, -0.25) is 0 Å². The fraction of sp³-hybridized carbons (Fsp3) is 0.308. The van der Waals surface area contributed by atoms with Crippen LogP contribution >= 0.6 is 34.5 Å². The predicted molar refractivity (Wildman–Crippen MR) is 84.8 cm³/mol. The summed E-state index contributed by atoms with van der Waals surface area (Å²) in [7, 11) is 0. The standard InChI is InChI=1S/C13H15Cl2N3S/c1-3-16-12-9(14)6-10(15)13(18-12)17-7-11-8(2)4-5-19-11/h4-6H,3,7H2,1-2H3,(H2,16,17,18). The van der Waals surface area contributed by atoms with E-state index in [1.54, 1.807) is 17.4 Å². The molecule has 2 heterocycles. The molecular weight excluding hydrogens is 301 g/mol. The summed E-state index contributed by atoms with van der Waals surface area (Å²) < 4.78 is 0. The number of hydrogen-bond acceptors (Lipinski definition) is 4. The minimum atomic E-state index is 0.529. The first-order valence-electron chi connectivity index (χ1n) is 5.98. The molecule has 0 aliphatic carbocycles. The van der Waals surface area contributed by atoms with Crippen molar-refractivity contribution in [1.82, 2.24) is 4.98 Å². The summed E-state index contributed by atoms with van der Waals surface area (Å²) in [6.07, 6.45) is 0. The van der Waals surface area contributed by atoms with Crippen LogP contribution in [-0.2, 0) is 6.54 Å². The molecule has 2 rings (SSSR count). The summed E-state index contributed by atoms with van der Waals surface area (Å²) in [5.41, 5.74) is 1.27. The molecule has 2 aromatic heterocycles. The molecule has 0 fully saturated rings. The van der Waals surface area contributed by atoms with Crippen LogP contribution in [0.5, 0.6) is 0 Å². The maximum atomic E-state index is 6.15. The number of rotatable bonds is 5. The van der Waals surface area contributed by atoms with Gasteiger partial charge in [0.25, 0.3) is 0 Å². The van der Waals surface area contributed by atoms with Crippen LogP contribution in [0.4, 0.5) is 11.6 Å². The van der Waals surface area contributed by atoms with Crippen LogP contribution in [-0.4, -0.2) is 11.5 Å². The highest BCUT2D eigenvalue weighted by Crippen LogP contribution is 2.29. The Bertz CT molecular complexity index is 569. The molecule has 0 aromatic carbocycles. The molecule has 0 saturated heterocycles. The number of hydrogen-bond donors (Lipinski definition) is 2. The van der Waals surface area contributed by atoms with Gasteiger partial charge < -0.3 is 10.6 Å². The van der Waals surface area contributed by atoms with E-state index in [0.29, 0.717) is 28.2 Å². The van der Waals surface area contributed by atoms with E-state index in [9.17, 15) is 0 Å². The van der Waals surface area contributed by atoms with Crippen molar-refractivity contribution in [3.8, 4) is 0 Å². The van der Waals surface area contributed by atoms with Crippen molar-refractivity contribution in [2.75, 3.05) is 17.2 Å². The Morgan fingerprint density at radius 3 is 2.47 bits per heavy atom. The third kappa shape index (κ3) is 3.53. The van der Waals surface area contributed by atoms with Gasteiger partial charge in [0, 0.05) is 11.4 Å². The molecule has 0 aliphatic rings. The molecule has 0 bridgehead atoms. The van der Waals surface area contributed by atoms with Gasteiger partial charge in [0.1, 0.15) is 11.6 Å². The summed E-state index contributed by atoms with van der Waals surface area (Å²) in [4.78, 5) is 5.68. The lowest BCUT2D eigenvalue weighted by Gasteiger charge is -2.11. The lowest BCUT2D eigenvalue weighted by Crippen LogP contribution is -2.05. The molecule has 0 radical (unpaired) electrons. The molecule has 0 aliphatic heterocycles. The van der Waals surface area contributed by atoms with Gasteiger partial charge in [-0.15, -0.1) is 11.3 Å². The van der Waals surface area contributed by atoms with E-state index in [1.165, 1.54) is 10.4 Å². The van der Waals surface area contributed by atoms with E-state index < -0.39 is 0 Å². The number of nitrogens with zero attached hydrogens (tertiary/aromatic N) is 1. The second-order valence-corrected chi connectivity index (χ2v) is 5.87. The Morgan fingerprint density at radius 1 is 1.21 bits per heavy atom. The van der Waals surface area contributed by atoms with Crippen molar-refractivity contribution < 1.29 is 0 Å². The zero-order chi connectivity index (χ0) is 13.8. The van der Waals surface area contributed by atoms with Gasteiger partial charge in [0.05, 0.1) is 16.6 Å². The Hall–Kier alpha value is -0.970. The number of nitrogens with one attached hydrogen (secondary N) is 2. The average molecular weight is 316 g/mol. The quantitative estimate of drug-likeness (QED) is 0.832. The fourth-order valence-electron chi connectivity index (χ4n) is 1.63. The summed E-state index contributed by atoms with van der Waals surface area (Å²) in [6.45, 7) is 5.56. The van der Waals surface area contributed by atoms with Gasteiger partial charge >= 0.3 is 0 Å². The molecule has 0 spiro atoms. The van der Waals surface area contributed by atoms with Crippen molar-refractivity contribution in [1.29, 1.82) is 0 Å². The Labute approximate surface area is 127 Å². The molecule has 0 unspecified atom stereocenters. The largest absolute Gasteiger partial charge is 0.369 e. The number of pyridine rings is 1. The fourth-order valence-corrected chi connectivity index (χ4v) is 2.97. The van der Waals surface area contributed by atoms with Crippen LogP contribution in [0.1, 0.15) is 17.4 Å². The summed E-state index contributed by atoms with van der Waals surface area (Å²) >= 11 is 13.9. The minimum Gasteiger partial charge on any atom is -0.369 e. The third-order valence-corrected chi connectivity index (χ3v) is 4.26. The molecular formula is C13H15Cl2N3S. The van der Waals surface area contributed by atoms with E-state index in [2.05, 4.69) is 34.0 Å². The summed E-state index contributed by atoms with van der Waals surface area (Å²) in [5, 5.41) is 9.50. The molecule has 2 aromatic rings. The van der Waals surface area contributed by atoms with Crippen molar-refractivity contribution in [3.05, 3.63) is 38.0 Å². The molecule has 0 saturated carbocycles. The maximum absolute atomic E-state index is 6.15. The van der Waals surface area contributed by atoms with Crippen molar-refractivity contribution in [2.24, 2.45) is 0 Å². The predicted octanol–water partition coefficient (Wildman–Crippen LogP) is 4.80. The molecule has 2 N–H and O–H groups in total. The molecule has 0 amide bonds. The first-order valence-corrected chi connectivity index (χ1v) is 7.62. The van der Waals surface area contributed by atoms with E-state index in [1.807, 2.05) is 6.92 Å². The first kappa shape index (κ1) is 14.4. The van der Waals surface area contributed by atoms with E-state index in [-0.39, 0.29) is 0 Å². The van der Waals surface area contributed by atoms with Crippen LogP contribution in [0.3, 0.4) is 0 Å². The van der Waals surface area contributed by atoms with E-state index in [4.69, 9.17) is 23.2 Å². The topological polar surface area (TPSA) is 37.0 Å². The van der Waals surface area contributed by atoms with Crippen molar-refractivity contribution >= 4 is 46.2 Å². The van der Waals surface area contributed by atoms with Gasteiger partial charge in [0.15, 0.2) is 0 Å². The molecule has 102 valence electrons. The number of anilines is 2. The Morgan fingerprint density at radius 2 is 1.89 bits per heavy atom. The minimum absolute atomic E-state index is 0.529. The van der Waals surface area contributed by atoms with Gasteiger partial charge in [-0.2, -0.15) is 0 Å². The van der Waals surface area contributed by atoms with Gasteiger partial charge in [-0.05, 0) is 36.9 Å². The molecule has 6 heteroatoms.